The first-order chi connectivity index (χ1) is 6.65. The molecule has 0 aromatic carbocycles. The highest BCUT2D eigenvalue weighted by atomic mass is 15.2. The molecule has 0 bridgehead atoms. The van der Waals surface area contributed by atoms with Gasteiger partial charge in [0.05, 0.1) is 13.6 Å². The summed E-state index contributed by atoms with van der Waals surface area (Å²) >= 11 is 0. The number of hydrogen-bond acceptors (Lipinski definition) is 1. The fraction of sp³-hybridized carbons (Fsp3) is 0.455. The van der Waals surface area contributed by atoms with Gasteiger partial charge in [-0.3, -0.25) is 4.57 Å². The molecule has 3 heteroatoms. The van der Waals surface area contributed by atoms with Crippen LogP contribution in [-0.2, 0) is 13.6 Å². The Balaban J connectivity index is 2.88. The quantitative estimate of drug-likeness (QED) is 0.624. The van der Waals surface area contributed by atoms with E-state index in [9.17, 15) is 0 Å². The fourth-order valence-electron chi connectivity index (χ4n) is 1.90. The van der Waals surface area contributed by atoms with Gasteiger partial charge in [-0.25, -0.2) is 4.57 Å². The van der Waals surface area contributed by atoms with Crippen LogP contribution in [0.1, 0.15) is 18.4 Å². The molecule has 0 saturated heterocycles. The number of fused-ring (bicyclic) bond motifs is 1. The summed E-state index contributed by atoms with van der Waals surface area (Å²) < 4.78 is 4.42. The molecule has 14 heavy (non-hydrogen) atoms. The van der Waals surface area contributed by atoms with Crippen LogP contribution in [0.15, 0.2) is 12.1 Å². The van der Waals surface area contributed by atoms with E-state index >= 15 is 0 Å². The molecule has 74 valence electrons. The van der Waals surface area contributed by atoms with Gasteiger partial charge in [0.15, 0.2) is 5.52 Å². The summed E-state index contributed by atoms with van der Waals surface area (Å²) in [5.74, 6) is 1.25. The Labute approximate surface area is 84.0 Å². The van der Waals surface area contributed by atoms with Crippen molar-refractivity contribution in [2.24, 2.45) is 7.05 Å². The van der Waals surface area contributed by atoms with Crippen LogP contribution in [0, 0.1) is 13.8 Å². The van der Waals surface area contributed by atoms with Crippen LogP contribution in [-0.4, -0.2) is 9.55 Å². The average molecular weight is 190 g/mol. The van der Waals surface area contributed by atoms with E-state index in [-0.39, 0.29) is 0 Å². The lowest BCUT2D eigenvalue weighted by atomic mass is 10.3. The van der Waals surface area contributed by atoms with Crippen molar-refractivity contribution in [3.8, 4) is 0 Å². The van der Waals surface area contributed by atoms with E-state index in [0.717, 1.165) is 17.9 Å². The van der Waals surface area contributed by atoms with Crippen LogP contribution in [0.5, 0.6) is 0 Å². The molecular weight excluding hydrogens is 174 g/mol. The standard InChI is InChI=1S/C11H16N3/c1-5-14-9(3)13(4)11-10(14)7-6-8(2)12-11/h6-7H,5H2,1-4H3/q+1. The topological polar surface area (TPSA) is 21.7 Å². The highest BCUT2D eigenvalue weighted by Crippen LogP contribution is 2.12. The molecule has 0 spiro atoms. The van der Waals surface area contributed by atoms with E-state index in [1.54, 1.807) is 0 Å². The minimum Gasteiger partial charge on any atom is -0.258 e. The van der Waals surface area contributed by atoms with Gasteiger partial charge < -0.3 is 0 Å². The van der Waals surface area contributed by atoms with Crippen molar-refractivity contribution in [2.45, 2.75) is 27.3 Å². The van der Waals surface area contributed by atoms with Crippen molar-refractivity contribution < 1.29 is 4.57 Å². The van der Waals surface area contributed by atoms with Gasteiger partial charge in [-0.1, -0.05) is 0 Å². The smallest absolute Gasteiger partial charge is 0.258 e. The number of rotatable bonds is 1. The molecule has 0 unspecified atom stereocenters. The van der Waals surface area contributed by atoms with Gasteiger partial charge in [-0.05, 0) is 26.0 Å². The van der Waals surface area contributed by atoms with Crippen molar-refractivity contribution in [1.29, 1.82) is 0 Å². The molecule has 0 aliphatic rings. The first-order valence-corrected chi connectivity index (χ1v) is 4.97. The van der Waals surface area contributed by atoms with Gasteiger partial charge in [0.1, 0.15) is 5.69 Å². The van der Waals surface area contributed by atoms with Crippen LogP contribution in [0.3, 0.4) is 0 Å². The van der Waals surface area contributed by atoms with E-state index in [1.807, 2.05) is 6.92 Å². The van der Waals surface area contributed by atoms with Crippen LogP contribution in [0.25, 0.3) is 11.2 Å². The van der Waals surface area contributed by atoms with Crippen LogP contribution >= 0.6 is 0 Å². The summed E-state index contributed by atoms with van der Waals surface area (Å²) in [6.07, 6.45) is 0. The Morgan fingerprint density at radius 1 is 1.36 bits per heavy atom. The van der Waals surface area contributed by atoms with E-state index in [4.69, 9.17) is 0 Å². The van der Waals surface area contributed by atoms with E-state index in [0.29, 0.717) is 0 Å². The van der Waals surface area contributed by atoms with Gasteiger partial charge in [0, 0.05) is 6.92 Å². The van der Waals surface area contributed by atoms with Crippen molar-refractivity contribution in [3.05, 3.63) is 23.7 Å². The molecule has 0 saturated carbocycles. The predicted octanol–water partition coefficient (Wildman–Crippen LogP) is 1.50. The van der Waals surface area contributed by atoms with Gasteiger partial charge in [-0.2, -0.15) is 0 Å². The highest BCUT2D eigenvalue weighted by molar-refractivity contribution is 5.68. The zero-order valence-corrected chi connectivity index (χ0v) is 9.20. The van der Waals surface area contributed by atoms with Gasteiger partial charge >= 0.3 is 5.65 Å². The first kappa shape index (κ1) is 9.19. The van der Waals surface area contributed by atoms with Crippen LogP contribution < -0.4 is 4.57 Å². The Morgan fingerprint density at radius 2 is 2.07 bits per heavy atom. The third-order valence-corrected chi connectivity index (χ3v) is 2.79. The summed E-state index contributed by atoms with van der Waals surface area (Å²) in [5, 5.41) is 0. The maximum Gasteiger partial charge on any atom is 0.301 e. The molecular formula is C11H16N3+. The predicted molar refractivity (Wildman–Crippen MR) is 56.1 cm³/mol. The van der Waals surface area contributed by atoms with E-state index in [2.05, 4.69) is 47.1 Å². The van der Waals surface area contributed by atoms with Crippen LogP contribution in [0.2, 0.25) is 0 Å². The lowest BCUT2D eigenvalue weighted by molar-refractivity contribution is -0.654. The second kappa shape index (κ2) is 3.08. The molecule has 0 amide bonds. The van der Waals surface area contributed by atoms with E-state index in [1.165, 1.54) is 11.3 Å². The Hall–Kier alpha value is -1.38. The number of aromatic nitrogens is 3. The number of pyridine rings is 1. The SMILES string of the molecule is CCn1c(C)[n+](C)c2nc(C)ccc21. The van der Waals surface area contributed by atoms with Crippen molar-refractivity contribution in [2.75, 3.05) is 0 Å². The Kier molecular flexibility index (Phi) is 2.02. The average Bonchev–Trinajstić information content (AvgIpc) is 2.41. The second-order valence-corrected chi connectivity index (χ2v) is 3.65. The number of nitrogens with zero attached hydrogens (tertiary/aromatic N) is 3. The highest BCUT2D eigenvalue weighted by Gasteiger charge is 2.17. The normalized spacial score (nSPS) is 11.1. The molecule has 0 atom stereocenters. The first-order valence-electron chi connectivity index (χ1n) is 4.97. The van der Waals surface area contributed by atoms with Gasteiger partial charge in [0.25, 0.3) is 0 Å². The molecule has 0 aliphatic heterocycles. The van der Waals surface area contributed by atoms with Crippen molar-refractivity contribution in [3.63, 3.8) is 0 Å². The number of hydrogen-bond donors (Lipinski definition) is 0. The summed E-state index contributed by atoms with van der Waals surface area (Å²) in [7, 11) is 2.07. The summed E-state index contributed by atoms with van der Waals surface area (Å²) in [5.41, 5.74) is 3.36. The molecule has 2 heterocycles. The zero-order chi connectivity index (χ0) is 10.3. The molecule has 3 nitrogen and oxygen atoms in total. The van der Waals surface area contributed by atoms with Crippen molar-refractivity contribution in [1.82, 2.24) is 9.55 Å². The zero-order valence-electron chi connectivity index (χ0n) is 9.20. The van der Waals surface area contributed by atoms with Crippen molar-refractivity contribution >= 4 is 11.2 Å². The summed E-state index contributed by atoms with van der Waals surface area (Å²) in [6.45, 7) is 7.30. The molecule has 2 aromatic heterocycles. The third-order valence-electron chi connectivity index (χ3n) is 2.79. The minimum atomic E-state index is 0.994. The lowest BCUT2D eigenvalue weighted by Crippen LogP contribution is -2.31. The molecule has 0 aliphatic carbocycles. The van der Waals surface area contributed by atoms with Gasteiger partial charge in [-0.15, -0.1) is 4.98 Å². The summed E-state index contributed by atoms with van der Waals surface area (Å²) in [6, 6.07) is 4.21. The Bertz CT molecular complexity index is 483. The maximum absolute atomic E-state index is 4.55. The summed E-state index contributed by atoms with van der Waals surface area (Å²) in [4.78, 5) is 4.55. The third kappa shape index (κ3) is 1.12. The largest absolute Gasteiger partial charge is 0.301 e. The molecule has 2 rings (SSSR count). The number of aryl methyl sites for hydroxylation is 3. The van der Waals surface area contributed by atoms with Gasteiger partial charge in [0.2, 0.25) is 5.82 Å². The molecule has 0 fully saturated rings. The lowest BCUT2D eigenvalue weighted by Gasteiger charge is -1.94. The number of imidazole rings is 1. The Morgan fingerprint density at radius 3 is 2.71 bits per heavy atom. The molecule has 0 radical (unpaired) electrons. The van der Waals surface area contributed by atoms with E-state index < -0.39 is 0 Å². The molecule has 0 N–H and O–H groups in total. The van der Waals surface area contributed by atoms with Crippen LogP contribution in [0.4, 0.5) is 0 Å². The second-order valence-electron chi connectivity index (χ2n) is 3.65. The minimum absolute atomic E-state index is 0.994. The maximum atomic E-state index is 4.55. The molecule has 2 aromatic rings. The fourth-order valence-corrected chi connectivity index (χ4v) is 1.90. The monoisotopic (exact) mass is 190 g/mol.